The minimum Gasteiger partial charge on any atom is -0.481 e. The van der Waals surface area contributed by atoms with Crippen LogP contribution in [0.5, 0.6) is 0 Å². The van der Waals surface area contributed by atoms with Crippen LogP contribution in [-0.4, -0.2) is 34.6 Å². The van der Waals surface area contributed by atoms with Crippen molar-refractivity contribution in [3.63, 3.8) is 0 Å². The summed E-state index contributed by atoms with van der Waals surface area (Å²) in [6.45, 7) is 6.76. The number of pyridine rings is 1. The summed E-state index contributed by atoms with van der Waals surface area (Å²) in [6.07, 6.45) is 10.0. The van der Waals surface area contributed by atoms with Gasteiger partial charge in [0.05, 0.1) is 13.0 Å². The molecule has 0 bridgehead atoms. The van der Waals surface area contributed by atoms with E-state index in [9.17, 15) is 18.3 Å². The van der Waals surface area contributed by atoms with E-state index in [1.54, 1.807) is 12.1 Å². The van der Waals surface area contributed by atoms with Crippen molar-refractivity contribution in [2.24, 2.45) is 10.8 Å². The Bertz CT molecular complexity index is 1040. The first kappa shape index (κ1) is 26.3. The van der Waals surface area contributed by atoms with Crippen LogP contribution in [0.25, 0.3) is 0 Å². The van der Waals surface area contributed by atoms with Crippen molar-refractivity contribution < 1.29 is 22.8 Å². The molecule has 1 atom stereocenters. The van der Waals surface area contributed by atoms with Gasteiger partial charge in [-0.2, -0.15) is 4.98 Å². The maximum Gasteiger partial charge on any atom is 0.304 e. The molecule has 34 heavy (non-hydrogen) atoms. The molecule has 1 aliphatic rings. The van der Waals surface area contributed by atoms with Crippen LogP contribution < -0.4 is 4.72 Å². The fourth-order valence-corrected chi connectivity index (χ4v) is 5.98. The van der Waals surface area contributed by atoms with Crippen LogP contribution in [0.3, 0.4) is 0 Å². The molecule has 2 heterocycles. The zero-order chi connectivity index (χ0) is 24.8. The molecule has 188 valence electrons. The molecule has 10 heteroatoms. The number of carbonyl (C=O) groups is 1. The minimum atomic E-state index is -3.81. The summed E-state index contributed by atoms with van der Waals surface area (Å²) in [7, 11) is -3.81. The summed E-state index contributed by atoms with van der Waals surface area (Å²) in [5.74, 6) is -0.943. The molecule has 2 aromatic rings. The van der Waals surface area contributed by atoms with Gasteiger partial charge in [0, 0.05) is 12.1 Å². The second-order valence-electron chi connectivity index (χ2n) is 10.3. The molecule has 3 rings (SSSR count). The molecule has 0 saturated heterocycles. The highest BCUT2D eigenvalue weighted by Gasteiger charge is 2.42. The number of rotatable bonds is 11. The lowest BCUT2D eigenvalue weighted by Crippen LogP contribution is -2.37. The van der Waals surface area contributed by atoms with Crippen LogP contribution in [0, 0.1) is 10.8 Å². The summed E-state index contributed by atoms with van der Waals surface area (Å²) in [5.41, 5.74) is 0.459. The highest BCUT2D eigenvalue weighted by molar-refractivity contribution is 7.89. The molecular weight excluding hydrogens is 456 g/mol. The average molecular weight is 493 g/mol. The first-order valence-corrected chi connectivity index (χ1v) is 13.5. The number of aliphatic carboxylic acids is 1. The Morgan fingerprint density at radius 3 is 2.59 bits per heavy atom. The predicted molar refractivity (Wildman–Crippen MR) is 126 cm³/mol. The second-order valence-corrected chi connectivity index (χ2v) is 12.0. The number of hydrogen-bond donors (Lipinski definition) is 2. The van der Waals surface area contributed by atoms with E-state index in [2.05, 4.69) is 40.6 Å². The van der Waals surface area contributed by atoms with E-state index in [1.165, 1.54) is 44.4 Å². The molecular formula is C24H36N4O5S. The monoisotopic (exact) mass is 492 g/mol. The van der Waals surface area contributed by atoms with E-state index < -0.39 is 21.9 Å². The molecule has 0 amide bonds. The quantitative estimate of drug-likeness (QED) is 0.462. The molecule has 0 aliphatic heterocycles. The molecule has 1 saturated carbocycles. The van der Waals surface area contributed by atoms with Gasteiger partial charge in [-0.3, -0.25) is 4.79 Å². The van der Waals surface area contributed by atoms with Crippen LogP contribution >= 0.6 is 0 Å². The molecule has 0 radical (unpaired) electrons. The van der Waals surface area contributed by atoms with Gasteiger partial charge in [-0.15, -0.1) is 0 Å². The molecule has 2 aromatic heterocycles. The maximum absolute atomic E-state index is 12.4. The zero-order valence-corrected chi connectivity index (χ0v) is 21.1. The maximum atomic E-state index is 12.4. The summed E-state index contributed by atoms with van der Waals surface area (Å²) in [6, 6.07) is 4.61. The number of nitrogens with one attached hydrogen (secondary N) is 1. The normalized spacial score (nSPS) is 17.4. The van der Waals surface area contributed by atoms with Crippen molar-refractivity contribution in [3.8, 4) is 0 Å². The summed E-state index contributed by atoms with van der Waals surface area (Å²) in [4.78, 5) is 19.6. The zero-order valence-electron chi connectivity index (χ0n) is 20.3. The summed E-state index contributed by atoms with van der Waals surface area (Å²) in [5, 5.41) is 13.2. The Hall–Kier alpha value is -2.33. The Morgan fingerprint density at radius 1 is 1.24 bits per heavy atom. The lowest BCUT2D eigenvalue weighted by Gasteiger charge is -2.48. The smallest absolute Gasteiger partial charge is 0.304 e. The topological polar surface area (TPSA) is 135 Å². The Balaban J connectivity index is 1.64. The lowest BCUT2D eigenvalue weighted by atomic mass is 9.57. The van der Waals surface area contributed by atoms with E-state index in [4.69, 9.17) is 4.52 Å². The van der Waals surface area contributed by atoms with Gasteiger partial charge >= 0.3 is 5.97 Å². The summed E-state index contributed by atoms with van der Waals surface area (Å²) >= 11 is 0. The highest BCUT2D eigenvalue weighted by Crippen LogP contribution is 2.53. The van der Waals surface area contributed by atoms with Crippen LogP contribution in [0.2, 0.25) is 0 Å². The van der Waals surface area contributed by atoms with Crippen molar-refractivity contribution in [2.75, 3.05) is 0 Å². The van der Waals surface area contributed by atoms with Gasteiger partial charge in [0.25, 0.3) is 10.0 Å². The highest BCUT2D eigenvalue weighted by atomic mass is 32.2. The first-order chi connectivity index (χ1) is 16.0. The number of hydrogen-bond acceptors (Lipinski definition) is 7. The number of nitrogens with zero attached hydrogens (tertiary/aromatic N) is 3. The van der Waals surface area contributed by atoms with E-state index >= 15 is 0 Å². The number of carboxylic acids is 1. The molecule has 0 unspecified atom stereocenters. The third-order valence-corrected chi connectivity index (χ3v) is 8.51. The van der Waals surface area contributed by atoms with Crippen molar-refractivity contribution in [1.82, 2.24) is 19.8 Å². The van der Waals surface area contributed by atoms with Crippen molar-refractivity contribution in [2.45, 2.75) is 96.0 Å². The second kappa shape index (κ2) is 10.9. The molecule has 0 spiro atoms. The standard InChI is InChI=1S/C24H36N4O5S/c1-23(2,3)24(12-6-4-7-13-24)14-9-10-18(16-21(29)30)22-27-19(28-33-22)17-26-34(31,32)20-11-5-8-15-25-20/h5,8,11,15,18,26H,4,6-7,9-10,12-14,16-17H2,1-3H3,(H,29,30)/t18-/m1/s1. The van der Waals surface area contributed by atoms with Gasteiger partial charge in [-0.25, -0.2) is 18.1 Å². The first-order valence-electron chi connectivity index (χ1n) is 12.0. The number of aromatic nitrogens is 3. The van der Waals surface area contributed by atoms with E-state index in [-0.39, 0.29) is 40.5 Å². The minimum absolute atomic E-state index is 0.0991. The number of carboxylic acid groups (broad SMARTS) is 1. The largest absolute Gasteiger partial charge is 0.481 e. The van der Waals surface area contributed by atoms with Crippen molar-refractivity contribution in [1.29, 1.82) is 0 Å². The average Bonchev–Trinajstić information content (AvgIpc) is 3.26. The van der Waals surface area contributed by atoms with Crippen LogP contribution in [0.15, 0.2) is 33.9 Å². The van der Waals surface area contributed by atoms with Crippen LogP contribution in [0.1, 0.15) is 96.2 Å². The van der Waals surface area contributed by atoms with E-state index in [0.29, 0.717) is 6.42 Å². The Morgan fingerprint density at radius 2 is 1.97 bits per heavy atom. The van der Waals surface area contributed by atoms with Gasteiger partial charge in [-0.1, -0.05) is 57.7 Å². The molecule has 2 N–H and O–H groups in total. The van der Waals surface area contributed by atoms with Gasteiger partial charge in [-0.05, 0) is 48.6 Å². The SMILES string of the molecule is CC(C)(C)C1(CCC[C@H](CC(=O)O)c2nc(CNS(=O)(=O)c3ccccn3)no2)CCCCC1. The van der Waals surface area contributed by atoms with Gasteiger partial charge < -0.3 is 9.63 Å². The third kappa shape index (κ3) is 6.63. The molecule has 9 nitrogen and oxygen atoms in total. The van der Waals surface area contributed by atoms with Crippen LogP contribution in [-0.2, 0) is 21.4 Å². The van der Waals surface area contributed by atoms with E-state index in [1.807, 2.05) is 0 Å². The molecule has 1 aliphatic carbocycles. The van der Waals surface area contributed by atoms with Gasteiger partial charge in [0.2, 0.25) is 5.89 Å². The van der Waals surface area contributed by atoms with Gasteiger partial charge in [0.1, 0.15) is 0 Å². The fraction of sp³-hybridized carbons (Fsp3) is 0.667. The van der Waals surface area contributed by atoms with Crippen molar-refractivity contribution in [3.05, 3.63) is 36.1 Å². The fourth-order valence-electron chi connectivity index (χ4n) is 5.06. The number of sulfonamides is 1. The molecule has 1 fully saturated rings. The Kier molecular flexibility index (Phi) is 8.46. The van der Waals surface area contributed by atoms with Crippen LogP contribution in [0.4, 0.5) is 0 Å². The Labute approximate surface area is 201 Å². The molecule has 0 aromatic carbocycles. The summed E-state index contributed by atoms with van der Waals surface area (Å²) < 4.78 is 32.5. The van der Waals surface area contributed by atoms with Crippen molar-refractivity contribution >= 4 is 16.0 Å². The van der Waals surface area contributed by atoms with E-state index in [0.717, 1.165) is 12.8 Å². The lowest BCUT2D eigenvalue weighted by molar-refractivity contribution is -0.137. The predicted octanol–water partition coefficient (Wildman–Crippen LogP) is 4.67. The van der Waals surface area contributed by atoms with Gasteiger partial charge in [0.15, 0.2) is 10.9 Å². The third-order valence-electron chi connectivity index (χ3n) is 7.20.